The summed E-state index contributed by atoms with van der Waals surface area (Å²) in [5.74, 6) is 0.406. The Morgan fingerprint density at radius 3 is 2.64 bits per heavy atom. The number of fused-ring (bicyclic) bond motifs is 3. The van der Waals surface area contributed by atoms with Crippen molar-refractivity contribution in [2.75, 3.05) is 31.6 Å². The molecule has 8 rings (SSSR count). The van der Waals surface area contributed by atoms with Crippen molar-refractivity contribution in [1.29, 1.82) is 0 Å². The van der Waals surface area contributed by atoms with E-state index in [1.54, 1.807) is 35.4 Å². The predicted octanol–water partition coefficient (Wildman–Crippen LogP) is 6.10. The number of ether oxygens (including phenoxy) is 1. The van der Waals surface area contributed by atoms with Gasteiger partial charge in [0.05, 0.1) is 29.6 Å². The zero-order chi connectivity index (χ0) is 34.5. The summed E-state index contributed by atoms with van der Waals surface area (Å²) >= 11 is 0. The van der Waals surface area contributed by atoms with Crippen molar-refractivity contribution in [3.8, 4) is 5.69 Å². The standard InChI is InChI=1S/C39H40FN7O3/c1-23-16-30(17-24(2)36(23)40)47-37(48)31-9-13-46(38(49)33-20-28-19-27(5-6-32(28)43-33)26-10-14-50-15-11-26)22-34(31)44-39(47)41-12-8-25-4-7-35-29(18-25)21-42-45(35)3/h4-7,16-21,26,43H,8-15,22H2,1-3H3,(H,41,44). The number of amides is 1. The van der Waals surface area contributed by atoms with Gasteiger partial charge in [-0.15, -0.1) is 0 Å². The van der Waals surface area contributed by atoms with Gasteiger partial charge in [0.25, 0.3) is 11.5 Å². The molecular weight excluding hydrogens is 633 g/mol. The van der Waals surface area contributed by atoms with Crippen molar-refractivity contribution in [3.63, 3.8) is 0 Å². The minimum atomic E-state index is -0.293. The second-order valence-corrected chi connectivity index (χ2v) is 13.6. The Morgan fingerprint density at radius 2 is 1.84 bits per heavy atom. The van der Waals surface area contributed by atoms with Crippen LogP contribution in [0, 0.1) is 19.7 Å². The number of carbonyl (C=O) groups is 1. The summed E-state index contributed by atoms with van der Waals surface area (Å²) in [7, 11) is 1.92. The first-order valence-electron chi connectivity index (χ1n) is 17.3. The van der Waals surface area contributed by atoms with E-state index in [4.69, 9.17) is 9.72 Å². The molecule has 1 amide bonds. The fraction of sp³-hybridized carbons (Fsp3) is 0.333. The van der Waals surface area contributed by atoms with Crippen LogP contribution in [0.25, 0.3) is 27.5 Å². The lowest BCUT2D eigenvalue weighted by molar-refractivity contribution is 0.0726. The molecular formula is C39H40FN7O3. The molecule has 3 aromatic carbocycles. The molecule has 3 aromatic heterocycles. The lowest BCUT2D eigenvalue weighted by Crippen LogP contribution is -2.41. The van der Waals surface area contributed by atoms with Crippen LogP contribution in [0.15, 0.2) is 65.6 Å². The Bertz CT molecular complexity index is 2310. The summed E-state index contributed by atoms with van der Waals surface area (Å²) < 4.78 is 23.6. The number of nitrogens with one attached hydrogen (secondary N) is 2. The second kappa shape index (κ2) is 12.9. The van der Waals surface area contributed by atoms with E-state index in [2.05, 4.69) is 51.8 Å². The molecule has 0 unspecified atom stereocenters. The van der Waals surface area contributed by atoms with Crippen LogP contribution in [-0.2, 0) is 31.2 Å². The molecule has 0 spiro atoms. The van der Waals surface area contributed by atoms with E-state index in [0.29, 0.717) is 71.6 Å². The van der Waals surface area contributed by atoms with Gasteiger partial charge in [-0.1, -0.05) is 12.1 Å². The van der Waals surface area contributed by atoms with Gasteiger partial charge in [0.15, 0.2) is 0 Å². The average Bonchev–Trinajstić information content (AvgIpc) is 3.73. The van der Waals surface area contributed by atoms with Gasteiger partial charge in [-0.25, -0.2) is 13.9 Å². The van der Waals surface area contributed by atoms with Gasteiger partial charge in [0, 0.05) is 55.2 Å². The molecule has 0 saturated carbocycles. The van der Waals surface area contributed by atoms with E-state index in [9.17, 15) is 14.0 Å². The zero-order valence-electron chi connectivity index (χ0n) is 28.6. The number of carbonyl (C=O) groups excluding carboxylic acids is 1. The van der Waals surface area contributed by atoms with E-state index in [-0.39, 0.29) is 23.8 Å². The van der Waals surface area contributed by atoms with Gasteiger partial charge < -0.3 is 19.9 Å². The van der Waals surface area contributed by atoms with Crippen LogP contribution in [0.5, 0.6) is 0 Å². The van der Waals surface area contributed by atoms with Gasteiger partial charge in [0.1, 0.15) is 11.5 Å². The van der Waals surface area contributed by atoms with Crippen LogP contribution in [0.1, 0.15) is 62.8 Å². The summed E-state index contributed by atoms with van der Waals surface area (Å²) in [4.78, 5) is 38.1. The van der Waals surface area contributed by atoms with E-state index in [1.807, 2.05) is 24.0 Å². The highest BCUT2D eigenvalue weighted by Gasteiger charge is 2.28. The van der Waals surface area contributed by atoms with Crippen molar-refractivity contribution in [2.45, 2.75) is 52.0 Å². The first kappa shape index (κ1) is 31.9. The maximum absolute atomic E-state index is 14.7. The fourth-order valence-corrected chi connectivity index (χ4v) is 7.48. The quantitative estimate of drug-likeness (QED) is 0.212. The third-order valence-corrected chi connectivity index (χ3v) is 10.3. The van der Waals surface area contributed by atoms with Gasteiger partial charge in [0.2, 0.25) is 5.95 Å². The van der Waals surface area contributed by atoms with E-state index in [1.165, 1.54) is 5.56 Å². The van der Waals surface area contributed by atoms with Crippen LogP contribution in [0.3, 0.4) is 0 Å². The number of nitrogens with zero attached hydrogens (tertiary/aromatic N) is 5. The Kier molecular flexibility index (Phi) is 8.22. The second-order valence-electron chi connectivity index (χ2n) is 13.6. The number of aromatic amines is 1. The van der Waals surface area contributed by atoms with E-state index >= 15 is 0 Å². The molecule has 2 aliphatic rings. The maximum Gasteiger partial charge on any atom is 0.270 e. The summed E-state index contributed by atoms with van der Waals surface area (Å²) in [6.07, 6.45) is 4.90. The molecule has 2 aliphatic heterocycles. The summed E-state index contributed by atoms with van der Waals surface area (Å²) in [6.45, 7) is 6.05. The summed E-state index contributed by atoms with van der Waals surface area (Å²) in [5.41, 5.74) is 7.27. The van der Waals surface area contributed by atoms with Gasteiger partial charge in [-0.05, 0) is 110 Å². The largest absolute Gasteiger partial charge is 0.381 e. The number of anilines is 1. The Morgan fingerprint density at radius 1 is 1.04 bits per heavy atom. The number of aryl methyl sites for hydroxylation is 3. The molecule has 0 bridgehead atoms. The minimum absolute atomic E-state index is 0.129. The third kappa shape index (κ3) is 5.85. The Balaban J connectivity index is 1.08. The van der Waals surface area contributed by atoms with Gasteiger partial charge in [-0.2, -0.15) is 5.10 Å². The molecule has 2 N–H and O–H groups in total. The fourth-order valence-electron chi connectivity index (χ4n) is 7.48. The number of rotatable bonds is 7. The number of hydrogen-bond acceptors (Lipinski definition) is 6. The maximum atomic E-state index is 14.7. The number of H-pyrrole nitrogens is 1. The van der Waals surface area contributed by atoms with Crippen LogP contribution >= 0.6 is 0 Å². The number of benzene rings is 3. The molecule has 0 aliphatic carbocycles. The van der Waals surface area contributed by atoms with Crippen molar-refractivity contribution >= 4 is 33.7 Å². The van der Waals surface area contributed by atoms with Crippen molar-refractivity contribution in [1.82, 2.24) is 29.2 Å². The lowest BCUT2D eigenvalue weighted by atomic mass is 9.91. The highest BCUT2D eigenvalue weighted by molar-refractivity contribution is 5.98. The van der Waals surface area contributed by atoms with Gasteiger partial charge >= 0.3 is 0 Å². The topological polar surface area (TPSA) is 110 Å². The van der Waals surface area contributed by atoms with E-state index < -0.39 is 0 Å². The lowest BCUT2D eigenvalue weighted by Gasteiger charge is -2.29. The monoisotopic (exact) mass is 673 g/mol. The minimum Gasteiger partial charge on any atom is -0.381 e. The molecule has 5 heterocycles. The highest BCUT2D eigenvalue weighted by Crippen LogP contribution is 2.30. The molecule has 1 saturated heterocycles. The average molecular weight is 674 g/mol. The zero-order valence-corrected chi connectivity index (χ0v) is 28.6. The number of hydrogen-bond donors (Lipinski definition) is 2. The van der Waals surface area contributed by atoms with Crippen LogP contribution in [0.2, 0.25) is 0 Å². The molecule has 0 radical (unpaired) electrons. The third-order valence-electron chi connectivity index (χ3n) is 10.3. The SMILES string of the molecule is Cc1cc(-n2c(NCCc3ccc4c(cnn4C)c3)nc3c(c2=O)CCN(C(=O)c2cc4cc(C5CCOCC5)ccc4[nH]2)C3)cc(C)c1F. The van der Waals surface area contributed by atoms with E-state index in [0.717, 1.165) is 53.4 Å². The molecule has 6 aromatic rings. The number of halogens is 1. The van der Waals surface area contributed by atoms with Crippen LogP contribution in [-0.4, -0.2) is 61.4 Å². The molecule has 256 valence electrons. The Labute approximate surface area is 288 Å². The molecule has 1 fully saturated rings. The first-order valence-corrected chi connectivity index (χ1v) is 17.3. The first-order chi connectivity index (χ1) is 24.2. The smallest absolute Gasteiger partial charge is 0.270 e. The summed E-state index contributed by atoms with van der Waals surface area (Å²) in [6, 6.07) is 17.9. The van der Waals surface area contributed by atoms with Gasteiger partial charge in [-0.3, -0.25) is 14.3 Å². The molecule has 10 nitrogen and oxygen atoms in total. The van der Waals surface area contributed by atoms with Crippen LogP contribution < -0.4 is 10.9 Å². The van der Waals surface area contributed by atoms with Crippen molar-refractivity contribution in [2.24, 2.45) is 7.05 Å². The molecule has 11 heteroatoms. The van der Waals surface area contributed by atoms with Crippen molar-refractivity contribution in [3.05, 3.63) is 116 Å². The predicted molar refractivity (Wildman–Crippen MR) is 192 cm³/mol. The van der Waals surface area contributed by atoms with Crippen molar-refractivity contribution < 1.29 is 13.9 Å². The highest BCUT2D eigenvalue weighted by atomic mass is 19.1. The normalized spacial score (nSPS) is 15.2. The summed E-state index contributed by atoms with van der Waals surface area (Å²) in [5, 5.41) is 9.82. The number of aromatic nitrogens is 5. The Hall–Kier alpha value is -5.29. The van der Waals surface area contributed by atoms with Crippen LogP contribution in [0.4, 0.5) is 10.3 Å². The molecule has 50 heavy (non-hydrogen) atoms. The molecule has 0 atom stereocenters.